The molecule has 174 valence electrons. The fourth-order valence-corrected chi connectivity index (χ4v) is 6.94. The largest absolute Gasteiger partial charge is 0.370 e. The summed E-state index contributed by atoms with van der Waals surface area (Å²) in [4.78, 5) is 28.5. The Balaban J connectivity index is 1.26. The van der Waals surface area contributed by atoms with Crippen LogP contribution in [0.1, 0.15) is 57.4 Å². The van der Waals surface area contributed by atoms with Crippen LogP contribution in [-0.2, 0) is 20.9 Å². The van der Waals surface area contributed by atoms with E-state index in [0.717, 1.165) is 32.1 Å². The lowest BCUT2D eigenvalue weighted by Gasteiger charge is -2.59. The van der Waals surface area contributed by atoms with Crippen LogP contribution in [0.4, 0.5) is 0 Å². The average molecular weight is 439 g/mol. The maximum absolute atomic E-state index is 13.4. The topological polar surface area (TPSA) is 58.6 Å². The molecule has 5 saturated carbocycles. The lowest BCUT2D eigenvalue weighted by molar-refractivity contribution is -0.180. The molecule has 0 heterocycles. The summed E-state index contributed by atoms with van der Waals surface area (Å²) in [6, 6.07) is 10.6. The SMILES string of the molecule is CN(C)CC(C(=O)NC1C2CC3CC1CC(OCc1ccccc1)(C3)C2)C(=O)C1(C)CC1. The smallest absolute Gasteiger partial charge is 0.232 e. The summed E-state index contributed by atoms with van der Waals surface area (Å²) < 4.78 is 6.60. The maximum Gasteiger partial charge on any atom is 0.232 e. The summed E-state index contributed by atoms with van der Waals surface area (Å²) in [5.74, 6) is 1.17. The molecule has 1 aromatic carbocycles. The Morgan fingerprint density at radius 2 is 1.75 bits per heavy atom. The van der Waals surface area contributed by atoms with Gasteiger partial charge in [-0.3, -0.25) is 9.59 Å². The molecule has 5 fully saturated rings. The van der Waals surface area contributed by atoms with Crippen LogP contribution < -0.4 is 5.32 Å². The van der Waals surface area contributed by atoms with Crippen molar-refractivity contribution in [2.45, 2.75) is 70.1 Å². The fourth-order valence-electron chi connectivity index (χ4n) is 6.94. The van der Waals surface area contributed by atoms with Crippen LogP contribution in [0.25, 0.3) is 0 Å². The molecule has 0 spiro atoms. The van der Waals surface area contributed by atoms with Gasteiger partial charge in [-0.05, 0) is 82.4 Å². The third-order valence-corrected chi connectivity index (χ3v) is 8.69. The molecule has 6 rings (SSSR count). The monoisotopic (exact) mass is 438 g/mol. The lowest BCUT2D eigenvalue weighted by Crippen LogP contribution is -2.63. The van der Waals surface area contributed by atoms with E-state index in [4.69, 9.17) is 4.74 Å². The number of nitrogens with one attached hydrogen (secondary N) is 1. The van der Waals surface area contributed by atoms with E-state index < -0.39 is 5.92 Å². The van der Waals surface area contributed by atoms with E-state index in [1.165, 1.54) is 18.4 Å². The number of ketones is 1. The van der Waals surface area contributed by atoms with Crippen molar-refractivity contribution in [1.29, 1.82) is 0 Å². The standard InChI is InChI=1S/C27H38N2O3/c1-26(9-10-26)24(30)22(16-29(2)3)25(31)28-23-20-11-19-12-21(23)15-27(13-19,14-20)32-17-18-7-5-4-6-8-18/h4-8,19-23H,9-17H2,1-3H3,(H,28,31). The summed E-state index contributed by atoms with van der Waals surface area (Å²) in [5.41, 5.74) is 0.914. The molecule has 5 heteroatoms. The average Bonchev–Trinajstić information content (AvgIpc) is 3.51. The van der Waals surface area contributed by atoms with Crippen molar-refractivity contribution in [2.24, 2.45) is 29.1 Å². The molecular weight excluding hydrogens is 400 g/mol. The first kappa shape index (κ1) is 22.1. The van der Waals surface area contributed by atoms with Gasteiger partial charge in [-0.15, -0.1) is 0 Å². The molecule has 3 unspecified atom stereocenters. The molecule has 1 aromatic rings. The Kier molecular flexibility index (Phi) is 5.69. The molecule has 32 heavy (non-hydrogen) atoms. The highest BCUT2D eigenvalue weighted by atomic mass is 16.5. The molecular formula is C27H38N2O3. The second-order valence-electron chi connectivity index (χ2n) is 11.7. The van der Waals surface area contributed by atoms with Crippen molar-refractivity contribution in [3.05, 3.63) is 35.9 Å². The highest BCUT2D eigenvalue weighted by molar-refractivity contribution is 6.05. The maximum atomic E-state index is 13.4. The Hall–Kier alpha value is -1.72. The van der Waals surface area contributed by atoms with Crippen molar-refractivity contribution in [1.82, 2.24) is 10.2 Å². The Labute approximate surface area is 192 Å². The normalized spacial score (nSPS) is 35.0. The zero-order valence-electron chi connectivity index (χ0n) is 19.8. The van der Waals surface area contributed by atoms with Gasteiger partial charge in [-0.2, -0.15) is 0 Å². The third-order valence-electron chi connectivity index (χ3n) is 8.69. The molecule has 0 aromatic heterocycles. The van der Waals surface area contributed by atoms with Crippen LogP contribution >= 0.6 is 0 Å². The minimum atomic E-state index is -0.557. The molecule has 0 aliphatic heterocycles. The van der Waals surface area contributed by atoms with Gasteiger partial charge in [0, 0.05) is 18.0 Å². The van der Waals surface area contributed by atoms with Crippen molar-refractivity contribution in [3.8, 4) is 0 Å². The van der Waals surface area contributed by atoms with Gasteiger partial charge in [0.15, 0.2) is 5.78 Å². The summed E-state index contributed by atoms with van der Waals surface area (Å²) in [6.45, 7) is 3.18. The molecule has 5 aliphatic carbocycles. The minimum Gasteiger partial charge on any atom is -0.370 e. The van der Waals surface area contributed by atoms with Gasteiger partial charge in [-0.1, -0.05) is 37.3 Å². The van der Waals surface area contributed by atoms with E-state index >= 15 is 0 Å². The van der Waals surface area contributed by atoms with E-state index in [2.05, 4.69) is 29.6 Å². The van der Waals surface area contributed by atoms with Crippen molar-refractivity contribution in [2.75, 3.05) is 20.6 Å². The summed E-state index contributed by atoms with van der Waals surface area (Å²) in [5, 5.41) is 3.40. The number of hydrogen-bond donors (Lipinski definition) is 1. The first-order chi connectivity index (χ1) is 15.3. The Morgan fingerprint density at radius 1 is 1.09 bits per heavy atom. The van der Waals surface area contributed by atoms with Crippen molar-refractivity contribution >= 4 is 11.7 Å². The van der Waals surface area contributed by atoms with Crippen LogP contribution in [0.3, 0.4) is 0 Å². The lowest BCUT2D eigenvalue weighted by atomic mass is 9.52. The quantitative estimate of drug-likeness (QED) is 0.596. The van der Waals surface area contributed by atoms with E-state index in [1.54, 1.807) is 0 Å². The Bertz CT molecular complexity index is 847. The van der Waals surface area contributed by atoms with Crippen LogP contribution in [0, 0.1) is 29.1 Å². The number of amides is 1. The molecule has 0 saturated heterocycles. The van der Waals surface area contributed by atoms with Gasteiger partial charge in [0.05, 0.1) is 12.2 Å². The Morgan fingerprint density at radius 3 is 2.34 bits per heavy atom. The van der Waals surface area contributed by atoms with Crippen LogP contribution in [0.5, 0.6) is 0 Å². The van der Waals surface area contributed by atoms with E-state index in [9.17, 15) is 9.59 Å². The minimum absolute atomic E-state index is 0.0338. The molecule has 5 nitrogen and oxygen atoms in total. The predicted molar refractivity (Wildman–Crippen MR) is 124 cm³/mol. The number of ether oxygens (including phenoxy) is 1. The van der Waals surface area contributed by atoms with Crippen molar-refractivity contribution < 1.29 is 14.3 Å². The predicted octanol–water partition coefficient (Wildman–Crippen LogP) is 3.81. The third kappa shape index (κ3) is 4.26. The second kappa shape index (κ2) is 8.25. The second-order valence-corrected chi connectivity index (χ2v) is 11.7. The summed E-state index contributed by atoms with van der Waals surface area (Å²) in [6.07, 6.45) is 7.42. The van der Waals surface area contributed by atoms with Crippen LogP contribution in [0.15, 0.2) is 30.3 Å². The first-order valence-electron chi connectivity index (χ1n) is 12.4. The van der Waals surface area contributed by atoms with Crippen molar-refractivity contribution in [3.63, 3.8) is 0 Å². The number of hydrogen-bond acceptors (Lipinski definition) is 4. The molecule has 5 aliphatic rings. The van der Waals surface area contributed by atoms with Gasteiger partial charge in [0.2, 0.25) is 5.91 Å². The summed E-state index contributed by atoms with van der Waals surface area (Å²) in [7, 11) is 3.89. The fraction of sp³-hybridized carbons (Fsp3) is 0.704. The first-order valence-corrected chi connectivity index (χ1v) is 12.4. The van der Waals surface area contributed by atoms with E-state index in [-0.39, 0.29) is 28.7 Å². The van der Waals surface area contributed by atoms with Gasteiger partial charge in [0.1, 0.15) is 5.92 Å². The zero-order chi connectivity index (χ0) is 22.5. The van der Waals surface area contributed by atoms with Gasteiger partial charge >= 0.3 is 0 Å². The molecule has 3 atom stereocenters. The zero-order valence-corrected chi connectivity index (χ0v) is 19.8. The molecule has 1 amide bonds. The molecule has 4 bridgehead atoms. The van der Waals surface area contributed by atoms with Gasteiger partial charge in [0.25, 0.3) is 0 Å². The van der Waals surface area contributed by atoms with Gasteiger partial charge < -0.3 is 15.0 Å². The van der Waals surface area contributed by atoms with E-state index in [1.807, 2.05) is 32.0 Å². The number of rotatable bonds is 9. The van der Waals surface area contributed by atoms with Crippen LogP contribution in [0.2, 0.25) is 0 Å². The highest BCUT2D eigenvalue weighted by Gasteiger charge is 2.57. The number of carbonyl (C=O) groups excluding carboxylic acids is 2. The van der Waals surface area contributed by atoms with Crippen LogP contribution in [-0.4, -0.2) is 48.9 Å². The number of benzene rings is 1. The number of nitrogens with zero attached hydrogens (tertiary/aromatic N) is 1. The highest BCUT2D eigenvalue weighted by Crippen LogP contribution is 2.57. The number of carbonyl (C=O) groups is 2. The van der Waals surface area contributed by atoms with Gasteiger partial charge in [-0.25, -0.2) is 0 Å². The molecule has 0 radical (unpaired) electrons. The van der Waals surface area contributed by atoms with E-state index in [0.29, 0.717) is 30.9 Å². The molecule has 1 N–H and O–H groups in total. The number of Topliss-reactive ketones (excluding diaryl/α,β-unsaturated/α-hetero) is 1. The summed E-state index contributed by atoms with van der Waals surface area (Å²) >= 11 is 0.